The lowest BCUT2D eigenvalue weighted by atomic mass is 9.94. The highest BCUT2D eigenvalue weighted by molar-refractivity contribution is 5.92. The van der Waals surface area contributed by atoms with E-state index in [1.807, 2.05) is 25.1 Å². The topological polar surface area (TPSA) is 87.5 Å². The zero-order chi connectivity index (χ0) is 20.4. The highest BCUT2D eigenvalue weighted by atomic mass is 16.5. The molecule has 0 spiro atoms. The molecule has 2 aromatic rings. The van der Waals surface area contributed by atoms with E-state index in [-0.39, 0.29) is 12.1 Å². The van der Waals surface area contributed by atoms with E-state index in [4.69, 9.17) is 14.2 Å². The molecule has 8 nitrogen and oxygen atoms in total. The summed E-state index contributed by atoms with van der Waals surface area (Å²) in [5, 5.41) is 7.53. The molecule has 1 aliphatic heterocycles. The molecular weight excluding hydrogens is 372 g/mol. The number of para-hydroxylation sites is 1. The molecule has 1 N–H and O–H groups in total. The van der Waals surface area contributed by atoms with Gasteiger partial charge in [-0.25, -0.2) is 9.48 Å². The number of esters is 1. The van der Waals surface area contributed by atoms with Gasteiger partial charge in [-0.3, -0.25) is 0 Å². The lowest BCUT2D eigenvalue weighted by Crippen LogP contribution is -2.32. The summed E-state index contributed by atoms with van der Waals surface area (Å²) in [7, 11) is 3.17. The van der Waals surface area contributed by atoms with Crippen LogP contribution in [0.15, 0.2) is 35.8 Å². The van der Waals surface area contributed by atoms with Crippen LogP contribution in [0.5, 0.6) is 11.5 Å². The highest BCUT2D eigenvalue weighted by Crippen LogP contribution is 2.43. The smallest absolute Gasteiger partial charge is 0.338 e. The van der Waals surface area contributed by atoms with Crippen LogP contribution in [0, 0.1) is 0 Å². The molecule has 1 fully saturated rings. The molecule has 0 unspecified atom stereocenters. The van der Waals surface area contributed by atoms with E-state index in [0.29, 0.717) is 28.7 Å². The highest BCUT2D eigenvalue weighted by Gasteiger charge is 2.37. The maximum Gasteiger partial charge on any atom is 0.338 e. The summed E-state index contributed by atoms with van der Waals surface area (Å²) in [6, 6.07) is 5.07. The quantitative estimate of drug-likeness (QED) is 0.772. The van der Waals surface area contributed by atoms with Crippen LogP contribution in [0.2, 0.25) is 0 Å². The van der Waals surface area contributed by atoms with Gasteiger partial charge < -0.3 is 19.5 Å². The minimum absolute atomic E-state index is 0.0402. The monoisotopic (exact) mass is 398 g/mol. The average Bonchev–Trinajstić information content (AvgIpc) is 3.20. The molecule has 154 valence electrons. The standard InChI is InChI=1S/C21H26N4O4/c1-13-17(20(26)29-14-8-5-4-6-9-14)18(25-21(24-13)22-12-23-25)15-10-7-11-16(27-2)19(15)28-3/h7,10-12,14,18H,4-6,8-9H2,1-3H3,(H,22,23,24)/t18-/m0/s1. The Kier molecular flexibility index (Phi) is 5.42. The molecule has 4 rings (SSSR count). The minimum atomic E-state index is -0.533. The molecule has 0 saturated heterocycles. The van der Waals surface area contributed by atoms with Gasteiger partial charge >= 0.3 is 5.97 Å². The minimum Gasteiger partial charge on any atom is -0.493 e. The van der Waals surface area contributed by atoms with Crippen molar-refractivity contribution in [2.75, 3.05) is 19.5 Å². The van der Waals surface area contributed by atoms with Gasteiger partial charge in [0.05, 0.1) is 19.8 Å². The van der Waals surface area contributed by atoms with E-state index in [2.05, 4.69) is 15.4 Å². The number of fused-ring (bicyclic) bond motifs is 1. The fourth-order valence-corrected chi connectivity index (χ4v) is 4.17. The largest absolute Gasteiger partial charge is 0.493 e. The first-order chi connectivity index (χ1) is 14.1. The van der Waals surface area contributed by atoms with Crippen molar-refractivity contribution in [2.45, 2.75) is 51.2 Å². The maximum absolute atomic E-state index is 13.3. The number of carbonyl (C=O) groups is 1. The van der Waals surface area contributed by atoms with Crippen molar-refractivity contribution in [3.63, 3.8) is 0 Å². The molecule has 1 aromatic carbocycles. The van der Waals surface area contributed by atoms with Gasteiger partial charge in [0.15, 0.2) is 11.5 Å². The zero-order valence-corrected chi connectivity index (χ0v) is 17.0. The molecule has 0 bridgehead atoms. The predicted molar refractivity (Wildman–Crippen MR) is 107 cm³/mol. The third-order valence-corrected chi connectivity index (χ3v) is 5.57. The lowest BCUT2D eigenvalue weighted by Gasteiger charge is -2.31. The summed E-state index contributed by atoms with van der Waals surface area (Å²) in [6.07, 6.45) is 6.62. The number of nitrogens with zero attached hydrogens (tertiary/aromatic N) is 3. The summed E-state index contributed by atoms with van der Waals surface area (Å²) in [6.45, 7) is 1.86. The SMILES string of the molecule is COc1cccc([C@H]2C(C(=O)OC3CCCCC3)=C(C)Nc3ncnn32)c1OC. The Hall–Kier alpha value is -3.03. The van der Waals surface area contributed by atoms with E-state index in [1.54, 1.807) is 18.9 Å². The summed E-state index contributed by atoms with van der Waals surface area (Å²) in [5.74, 6) is 1.37. The number of hydrogen-bond acceptors (Lipinski definition) is 7. The third-order valence-electron chi connectivity index (χ3n) is 5.57. The van der Waals surface area contributed by atoms with Gasteiger partial charge in [-0.05, 0) is 38.7 Å². The maximum atomic E-state index is 13.3. The number of rotatable bonds is 5. The number of ether oxygens (including phenoxy) is 3. The summed E-state index contributed by atoms with van der Waals surface area (Å²) < 4.78 is 18.7. The fraction of sp³-hybridized carbons (Fsp3) is 0.476. The summed E-state index contributed by atoms with van der Waals surface area (Å²) in [5.41, 5.74) is 1.95. The van der Waals surface area contributed by atoms with Crippen molar-refractivity contribution < 1.29 is 19.0 Å². The number of methoxy groups -OCH3 is 2. The molecule has 8 heteroatoms. The van der Waals surface area contributed by atoms with Gasteiger partial charge in [0.1, 0.15) is 18.5 Å². The van der Waals surface area contributed by atoms with Gasteiger partial charge in [0.2, 0.25) is 5.95 Å². The lowest BCUT2D eigenvalue weighted by molar-refractivity contribution is -0.146. The number of nitrogens with one attached hydrogen (secondary N) is 1. The molecule has 1 saturated carbocycles. The van der Waals surface area contributed by atoms with Gasteiger partial charge in [-0.1, -0.05) is 18.6 Å². The van der Waals surface area contributed by atoms with Crippen molar-refractivity contribution >= 4 is 11.9 Å². The third kappa shape index (κ3) is 3.54. The van der Waals surface area contributed by atoms with E-state index in [0.717, 1.165) is 31.2 Å². The second kappa shape index (κ2) is 8.14. The number of hydrogen-bond donors (Lipinski definition) is 1. The average molecular weight is 398 g/mol. The van der Waals surface area contributed by atoms with E-state index in [9.17, 15) is 4.79 Å². The molecule has 1 aliphatic carbocycles. The molecule has 1 atom stereocenters. The van der Waals surface area contributed by atoms with Gasteiger partial charge in [-0.15, -0.1) is 0 Å². The molecule has 29 heavy (non-hydrogen) atoms. The van der Waals surface area contributed by atoms with Crippen molar-refractivity contribution in [1.29, 1.82) is 0 Å². The Morgan fingerprint density at radius 3 is 2.69 bits per heavy atom. The Morgan fingerprint density at radius 2 is 1.97 bits per heavy atom. The van der Waals surface area contributed by atoms with Crippen LogP contribution >= 0.6 is 0 Å². The number of benzene rings is 1. The number of allylic oxidation sites excluding steroid dienone is 1. The summed E-state index contributed by atoms with van der Waals surface area (Å²) >= 11 is 0. The molecule has 2 aliphatic rings. The van der Waals surface area contributed by atoms with Crippen LogP contribution < -0.4 is 14.8 Å². The van der Waals surface area contributed by atoms with Crippen LogP contribution in [-0.2, 0) is 9.53 Å². The second-order valence-electron chi connectivity index (χ2n) is 7.34. The first-order valence-electron chi connectivity index (χ1n) is 9.93. The van der Waals surface area contributed by atoms with Crippen LogP contribution in [-0.4, -0.2) is 41.1 Å². The van der Waals surface area contributed by atoms with Crippen LogP contribution in [0.3, 0.4) is 0 Å². The summed E-state index contributed by atoms with van der Waals surface area (Å²) in [4.78, 5) is 17.6. The van der Waals surface area contributed by atoms with E-state index in [1.165, 1.54) is 12.7 Å². The second-order valence-corrected chi connectivity index (χ2v) is 7.34. The predicted octanol–water partition coefficient (Wildman–Crippen LogP) is 3.46. The fourth-order valence-electron chi connectivity index (χ4n) is 4.17. The molecule has 2 heterocycles. The van der Waals surface area contributed by atoms with Gasteiger partial charge in [0, 0.05) is 11.3 Å². The van der Waals surface area contributed by atoms with Crippen molar-refractivity contribution in [1.82, 2.24) is 14.8 Å². The van der Waals surface area contributed by atoms with Crippen LogP contribution in [0.4, 0.5) is 5.95 Å². The first-order valence-corrected chi connectivity index (χ1v) is 9.93. The van der Waals surface area contributed by atoms with E-state index >= 15 is 0 Å². The van der Waals surface area contributed by atoms with Crippen molar-refractivity contribution in [2.24, 2.45) is 0 Å². The van der Waals surface area contributed by atoms with Crippen LogP contribution in [0.1, 0.15) is 50.6 Å². The van der Waals surface area contributed by atoms with E-state index < -0.39 is 6.04 Å². The molecule has 0 radical (unpaired) electrons. The number of aromatic nitrogens is 3. The van der Waals surface area contributed by atoms with Crippen molar-refractivity contribution in [3.05, 3.63) is 41.4 Å². The number of carbonyl (C=O) groups excluding carboxylic acids is 1. The van der Waals surface area contributed by atoms with Crippen LogP contribution in [0.25, 0.3) is 0 Å². The Labute approximate surface area is 169 Å². The number of anilines is 1. The zero-order valence-electron chi connectivity index (χ0n) is 17.0. The molecule has 1 aromatic heterocycles. The Morgan fingerprint density at radius 1 is 1.17 bits per heavy atom. The van der Waals surface area contributed by atoms with Gasteiger partial charge in [0.25, 0.3) is 0 Å². The Bertz CT molecular complexity index is 931. The molecular formula is C21H26N4O4. The Balaban J connectivity index is 1.78. The van der Waals surface area contributed by atoms with Gasteiger partial charge in [-0.2, -0.15) is 10.1 Å². The first kappa shape index (κ1) is 19.3. The molecule has 0 amide bonds. The normalized spacial score (nSPS) is 19.3. The van der Waals surface area contributed by atoms with Crippen molar-refractivity contribution in [3.8, 4) is 11.5 Å².